The molecule has 0 aliphatic heterocycles. The molecular weight excluding hydrogens is 260 g/mol. The van der Waals surface area contributed by atoms with E-state index in [4.69, 9.17) is 9.47 Å². The molecule has 0 heterocycles. The number of carbonyl (C=O) groups is 1. The Morgan fingerprint density at radius 1 is 1.25 bits per heavy atom. The SMILES string of the molecule is COc1ccc(C(C)(O)C(C(=O)O)C(C)C)c(OC)c1. The zero-order chi connectivity index (χ0) is 15.5. The number of benzene rings is 1. The number of ether oxygens (including phenoxy) is 2. The first-order valence-corrected chi connectivity index (χ1v) is 6.43. The predicted octanol–water partition coefficient (Wildman–Crippen LogP) is 2.27. The molecule has 5 heteroatoms. The molecule has 1 rings (SSSR count). The number of hydrogen-bond acceptors (Lipinski definition) is 4. The monoisotopic (exact) mass is 282 g/mol. The third-order valence-corrected chi connectivity index (χ3v) is 3.49. The van der Waals surface area contributed by atoms with Crippen LogP contribution in [0.25, 0.3) is 0 Å². The molecule has 0 fully saturated rings. The summed E-state index contributed by atoms with van der Waals surface area (Å²) in [5.41, 5.74) is -1.11. The van der Waals surface area contributed by atoms with Gasteiger partial charge in [-0.25, -0.2) is 0 Å². The summed E-state index contributed by atoms with van der Waals surface area (Å²) in [7, 11) is 3.00. The molecule has 1 aromatic rings. The Bertz CT molecular complexity index is 479. The van der Waals surface area contributed by atoms with Gasteiger partial charge in [-0.3, -0.25) is 4.79 Å². The summed E-state index contributed by atoms with van der Waals surface area (Å²) in [5.74, 6) is -1.22. The summed E-state index contributed by atoms with van der Waals surface area (Å²) in [6, 6.07) is 4.94. The summed E-state index contributed by atoms with van der Waals surface area (Å²) in [4.78, 5) is 11.5. The van der Waals surface area contributed by atoms with Crippen LogP contribution in [0, 0.1) is 11.8 Å². The first-order chi connectivity index (χ1) is 9.25. The Morgan fingerprint density at radius 2 is 1.85 bits per heavy atom. The fourth-order valence-electron chi connectivity index (χ4n) is 2.56. The standard InChI is InChI=1S/C15H22O5/c1-9(2)13(14(16)17)15(3,18)11-7-6-10(19-4)8-12(11)20-5/h6-9,13,18H,1-5H3,(H,16,17). The quantitative estimate of drug-likeness (QED) is 0.837. The molecule has 0 aliphatic rings. The molecule has 0 aromatic heterocycles. The van der Waals surface area contributed by atoms with Crippen molar-refractivity contribution in [3.05, 3.63) is 23.8 Å². The molecule has 2 N–H and O–H groups in total. The molecule has 20 heavy (non-hydrogen) atoms. The molecule has 0 aliphatic carbocycles. The van der Waals surface area contributed by atoms with Crippen LogP contribution in [0.5, 0.6) is 11.5 Å². The first-order valence-electron chi connectivity index (χ1n) is 6.43. The van der Waals surface area contributed by atoms with Gasteiger partial charge < -0.3 is 19.7 Å². The van der Waals surface area contributed by atoms with Crippen molar-refractivity contribution in [3.63, 3.8) is 0 Å². The van der Waals surface area contributed by atoms with Crippen LogP contribution in [0.4, 0.5) is 0 Å². The first kappa shape index (κ1) is 16.3. The second-order valence-electron chi connectivity index (χ2n) is 5.27. The van der Waals surface area contributed by atoms with E-state index in [1.807, 2.05) is 0 Å². The Morgan fingerprint density at radius 3 is 2.25 bits per heavy atom. The second kappa shape index (κ2) is 6.13. The van der Waals surface area contributed by atoms with Crippen molar-refractivity contribution in [2.75, 3.05) is 14.2 Å². The summed E-state index contributed by atoms with van der Waals surface area (Å²) in [6.07, 6.45) is 0. The lowest BCUT2D eigenvalue weighted by atomic mass is 9.76. The van der Waals surface area contributed by atoms with Gasteiger partial charge in [0.2, 0.25) is 0 Å². The molecule has 2 atom stereocenters. The van der Waals surface area contributed by atoms with E-state index in [-0.39, 0.29) is 5.92 Å². The van der Waals surface area contributed by atoms with E-state index in [9.17, 15) is 15.0 Å². The minimum absolute atomic E-state index is 0.227. The number of aliphatic hydroxyl groups is 1. The molecule has 0 saturated heterocycles. The Balaban J connectivity index is 3.36. The lowest BCUT2D eigenvalue weighted by Gasteiger charge is -2.34. The van der Waals surface area contributed by atoms with Gasteiger partial charge in [0.15, 0.2) is 0 Å². The van der Waals surface area contributed by atoms with E-state index >= 15 is 0 Å². The van der Waals surface area contributed by atoms with Gasteiger partial charge in [0.25, 0.3) is 0 Å². The number of methoxy groups -OCH3 is 2. The summed E-state index contributed by atoms with van der Waals surface area (Å²) >= 11 is 0. The summed E-state index contributed by atoms with van der Waals surface area (Å²) in [6.45, 7) is 5.03. The number of rotatable bonds is 6. The van der Waals surface area contributed by atoms with Gasteiger partial charge in [-0.2, -0.15) is 0 Å². The van der Waals surface area contributed by atoms with E-state index in [1.54, 1.807) is 32.0 Å². The zero-order valence-corrected chi connectivity index (χ0v) is 12.5. The van der Waals surface area contributed by atoms with Crippen molar-refractivity contribution >= 4 is 5.97 Å². The maximum atomic E-state index is 11.5. The average molecular weight is 282 g/mol. The lowest BCUT2D eigenvalue weighted by Crippen LogP contribution is -2.40. The zero-order valence-electron chi connectivity index (χ0n) is 12.5. The third-order valence-electron chi connectivity index (χ3n) is 3.49. The highest BCUT2D eigenvalue weighted by Crippen LogP contribution is 2.40. The number of carboxylic acid groups (broad SMARTS) is 1. The van der Waals surface area contributed by atoms with Crippen LogP contribution in [-0.4, -0.2) is 30.4 Å². The van der Waals surface area contributed by atoms with Gasteiger partial charge in [-0.05, 0) is 25.0 Å². The van der Waals surface area contributed by atoms with Crippen molar-refractivity contribution in [1.82, 2.24) is 0 Å². The van der Waals surface area contributed by atoms with Gasteiger partial charge >= 0.3 is 5.97 Å². The van der Waals surface area contributed by atoms with Gasteiger partial charge in [0.05, 0.1) is 20.1 Å². The highest BCUT2D eigenvalue weighted by atomic mass is 16.5. The highest BCUT2D eigenvalue weighted by Gasteiger charge is 2.42. The smallest absolute Gasteiger partial charge is 0.310 e. The Labute approximate surface area is 119 Å². The van der Waals surface area contributed by atoms with E-state index in [2.05, 4.69) is 0 Å². The van der Waals surface area contributed by atoms with Crippen LogP contribution in [0.3, 0.4) is 0 Å². The Hall–Kier alpha value is -1.75. The third kappa shape index (κ3) is 3.04. The molecule has 5 nitrogen and oxygen atoms in total. The highest BCUT2D eigenvalue weighted by molar-refractivity contribution is 5.72. The van der Waals surface area contributed by atoms with Gasteiger partial charge in [-0.15, -0.1) is 0 Å². The molecule has 0 amide bonds. The van der Waals surface area contributed by atoms with Crippen LogP contribution in [0.2, 0.25) is 0 Å². The molecule has 112 valence electrons. The molecule has 0 radical (unpaired) electrons. The molecular formula is C15H22O5. The predicted molar refractivity (Wildman–Crippen MR) is 75.1 cm³/mol. The normalized spacial score (nSPS) is 15.6. The average Bonchev–Trinajstić information content (AvgIpc) is 2.36. The molecule has 0 saturated carbocycles. The minimum atomic E-state index is -1.54. The van der Waals surface area contributed by atoms with Crippen molar-refractivity contribution in [2.45, 2.75) is 26.4 Å². The Kier molecular flexibility index (Phi) is 5.00. The second-order valence-corrected chi connectivity index (χ2v) is 5.27. The van der Waals surface area contributed by atoms with Crippen molar-refractivity contribution in [3.8, 4) is 11.5 Å². The van der Waals surface area contributed by atoms with Gasteiger partial charge in [-0.1, -0.05) is 13.8 Å². The molecule has 0 bridgehead atoms. The van der Waals surface area contributed by atoms with Crippen LogP contribution in [0.1, 0.15) is 26.3 Å². The number of hydrogen-bond donors (Lipinski definition) is 2. The topological polar surface area (TPSA) is 76.0 Å². The maximum Gasteiger partial charge on any atom is 0.310 e. The van der Waals surface area contributed by atoms with Gasteiger partial charge in [0.1, 0.15) is 17.1 Å². The van der Waals surface area contributed by atoms with Gasteiger partial charge in [0, 0.05) is 11.6 Å². The van der Waals surface area contributed by atoms with E-state index in [0.717, 1.165) is 0 Å². The maximum absolute atomic E-state index is 11.5. The van der Waals surface area contributed by atoms with Crippen molar-refractivity contribution in [2.24, 2.45) is 11.8 Å². The molecule has 1 aromatic carbocycles. The van der Waals surface area contributed by atoms with Crippen molar-refractivity contribution in [1.29, 1.82) is 0 Å². The van der Waals surface area contributed by atoms with Crippen LogP contribution in [-0.2, 0) is 10.4 Å². The summed E-state index contributed by atoms with van der Waals surface area (Å²) < 4.78 is 10.4. The van der Waals surface area contributed by atoms with Crippen molar-refractivity contribution < 1.29 is 24.5 Å². The molecule has 2 unspecified atom stereocenters. The number of carboxylic acids is 1. The minimum Gasteiger partial charge on any atom is -0.497 e. The van der Waals surface area contributed by atoms with E-state index in [1.165, 1.54) is 21.1 Å². The fourth-order valence-corrected chi connectivity index (χ4v) is 2.56. The lowest BCUT2D eigenvalue weighted by molar-refractivity contribution is -0.155. The van der Waals surface area contributed by atoms with E-state index in [0.29, 0.717) is 17.1 Å². The molecule has 0 spiro atoms. The summed E-state index contributed by atoms with van der Waals surface area (Å²) in [5, 5.41) is 20.1. The van der Waals surface area contributed by atoms with Crippen LogP contribution < -0.4 is 9.47 Å². The van der Waals surface area contributed by atoms with Crippen LogP contribution in [0.15, 0.2) is 18.2 Å². The van der Waals surface area contributed by atoms with E-state index < -0.39 is 17.5 Å². The van der Waals surface area contributed by atoms with Crippen LogP contribution >= 0.6 is 0 Å². The fraction of sp³-hybridized carbons (Fsp3) is 0.533. The largest absolute Gasteiger partial charge is 0.497 e. The number of aliphatic carboxylic acids is 1.